The molecule has 1 aromatic heterocycles. The van der Waals surface area contributed by atoms with E-state index < -0.39 is 10.2 Å². The molecule has 0 radical (unpaired) electrons. The van der Waals surface area contributed by atoms with E-state index in [4.69, 9.17) is 24.4 Å². The van der Waals surface area contributed by atoms with E-state index in [9.17, 15) is 0 Å². The van der Waals surface area contributed by atoms with Crippen molar-refractivity contribution in [1.82, 2.24) is 5.43 Å². The highest BCUT2D eigenvalue weighted by molar-refractivity contribution is 7.80. The zero-order valence-corrected chi connectivity index (χ0v) is 9.90. The summed E-state index contributed by atoms with van der Waals surface area (Å²) < 4.78 is 34.0. The number of aromatic nitrogens is 1. The van der Waals surface area contributed by atoms with Crippen molar-refractivity contribution >= 4 is 23.5 Å². The molecule has 0 unspecified atom stereocenters. The fourth-order valence-corrected chi connectivity index (χ4v) is 0.706. The molecule has 1 heterocycles. The van der Waals surface area contributed by atoms with E-state index in [0.717, 1.165) is 5.69 Å². The Hall–Kier alpha value is -1.36. The SMILES string of the molecule is NC(=S)N/N=C/c1cccc[nH+]1.[O-][Cl+3]([O-])([O-])[O-]. The second-order valence-electron chi connectivity index (χ2n) is 2.43. The van der Waals surface area contributed by atoms with Gasteiger partial charge in [0, 0.05) is 12.1 Å². The zero-order valence-electron chi connectivity index (χ0n) is 8.33. The monoisotopic (exact) mass is 280 g/mol. The standard InChI is InChI=1S/C7H8N4S.ClHO4/c8-7(12)11-10-5-6-3-1-2-4-9-6;2-1(3,4)5/h1-5H,(H3,8,11,12);(H,2,3,4,5)/b10-5+;. The molecule has 4 N–H and O–H groups in total. The van der Waals surface area contributed by atoms with Crippen LogP contribution in [0.2, 0.25) is 0 Å². The number of thiocarbonyl (C=S) groups is 1. The van der Waals surface area contributed by atoms with E-state index >= 15 is 0 Å². The van der Waals surface area contributed by atoms with Crippen LogP contribution in [-0.4, -0.2) is 11.3 Å². The van der Waals surface area contributed by atoms with Crippen molar-refractivity contribution in [1.29, 1.82) is 0 Å². The molecular formula is C7H9ClN4O4S. The molecule has 0 amide bonds. The molecule has 0 aliphatic heterocycles. The Morgan fingerprint density at radius 2 is 2.00 bits per heavy atom. The maximum Gasteiger partial charge on any atom is 0.223 e. The molecule has 0 fully saturated rings. The van der Waals surface area contributed by atoms with Gasteiger partial charge in [0.15, 0.2) is 11.3 Å². The summed E-state index contributed by atoms with van der Waals surface area (Å²) in [5, 5.41) is 3.92. The highest BCUT2D eigenvalue weighted by Crippen LogP contribution is 1.81. The number of H-pyrrole nitrogens is 1. The first-order valence-electron chi connectivity index (χ1n) is 3.96. The molecule has 8 nitrogen and oxygen atoms in total. The lowest BCUT2D eigenvalue weighted by Crippen LogP contribution is -2.68. The average Bonchev–Trinajstić information content (AvgIpc) is 2.16. The predicted molar refractivity (Wildman–Crippen MR) is 50.5 cm³/mol. The van der Waals surface area contributed by atoms with Gasteiger partial charge in [-0.15, -0.1) is 10.2 Å². The number of halogens is 1. The van der Waals surface area contributed by atoms with Gasteiger partial charge in [0.25, 0.3) is 0 Å². The van der Waals surface area contributed by atoms with Crippen LogP contribution in [0.25, 0.3) is 0 Å². The summed E-state index contributed by atoms with van der Waals surface area (Å²) in [6.45, 7) is 0. The number of nitrogens with two attached hydrogens (primary N) is 1. The number of aromatic amines is 1. The Labute approximate surface area is 104 Å². The van der Waals surface area contributed by atoms with E-state index in [2.05, 4.69) is 27.7 Å². The Morgan fingerprint density at radius 1 is 1.41 bits per heavy atom. The summed E-state index contributed by atoms with van der Waals surface area (Å²) in [5.74, 6) is 0. The van der Waals surface area contributed by atoms with E-state index in [1.165, 1.54) is 0 Å². The van der Waals surface area contributed by atoms with Crippen molar-refractivity contribution in [3.8, 4) is 0 Å². The molecule has 0 bridgehead atoms. The molecule has 0 spiro atoms. The van der Waals surface area contributed by atoms with E-state index in [0.29, 0.717) is 0 Å². The second kappa shape index (κ2) is 7.84. The molecule has 0 aliphatic carbocycles. The summed E-state index contributed by atoms with van der Waals surface area (Å²) in [6.07, 6.45) is 3.40. The Morgan fingerprint density at radius 3 is 2.41 bits per heavy atom. The summed E-state index contributed by atoms with van der Waals surface area (Å²) >= 11 is 4.55. The number of rotatable bonds is 2. The van der Waals surface area contributed by atoms with Crippen LogP contribution in [0.1, 0.15) is 5.69 Å². The van der Waals surface area contributed by atoms with Crippen LogP contribution in [0.4, 0.5) is 0 Å². The smallest absolute Gasteiger partial charge is 0.223 e. The first kappa shape index (κ1) is 15.6. The maximum atomic E-state index is 8.49. The van der Waals surface area contributed by atoms with Crippen molar-refractivity contribution < 1.29 is 33.9 Å². The van der Waals surface area contributed by atoms with Crippen LogP contribution >= 0.6 is 12.2 Å². The van der Waals surface area contributed by atoms with Gasteiger partial charge in [-0.1, -0.05) is 0 Å². The van der Waals surface area contributed by atoms with Crippen molar-refractivity contribution in [3.05, 3.63) is 30.1 Å². The number of hydrazone groups is 1. The highest BCUT2D eigenvalue weighted by atomic mass is 35.7. The molecule has 94 valence electrons. The third kappa shape index (κ3) is 14.6. The lowest BCUT2D eigenvalue weighted by Gasteiger charge is -2.17. The lowest BCUT2D eigenvalue weighted by molar-refractivity contribution is -2.00. The first-order chi connectivity index (χ1) is 7.79. The number of nitrogens with zero attached hydrogens (tertiary/aromatic N) is 1. The topological polar surface area (TPSA) is 157 Å². The van der Waals surface area contributed by atoms with Crippen molar-refractivity contribution in [3.63, 3.8) is 0 Å². The Balaban J connectivity index is 0.000000437. The van der Waals surface area contributed by atoms with Crippen molar-refractivity contribution in [2.75, 3.05) is 0 Å². The van der Waals surface area contributed by atoms with Gasteiger partial charge in [-0.3, -0.25) is 5.43 Å². The van der Waals surface area contributed by atoms with Crippen LogP contribution < -0.4 is 34.8 Å². The molecule has 0 saturated carbocycles. The molecular weight excluding hydrogens is 272 g/mol. The van der Waals surface area contributed by atoms with Gasteiger partial charge in [0.1, 0.15) is 6.21 Å². The van der Waals surface area contributed by atoms with Crippen LogP contribution in [0.3, 0.4) is 0 Å². The van der Waals surface area contributed by atoms with Gasteiger partial charge in [0.05, 0.1) is 0 Å². The number of pyridine rings is 1. The van der Waals surface area contributed by atoms with E-state index in [-0.39, 0.29) is 5.11 Å². The molecule has 0 aliphatic rings. The largest absolute Gasteiger partial charge is 0.375 e. The molecule has 0 aromatic carbocycles. The molecule has 0 saturated heterocycles. The van der Waals surface area contributed by atoms with Crippen LogP contribution in [0.15, 0.2) is 29.5 Å². The quantitative estimate of drug-likeness (QED) is 0.311. The fraction of sp³-hybridized carbons (Fsp3) is 0. The van der Waals surface area contributed by atoms with Gasteiger partial charge in [-0.2, -0.15) is 5.10 Å². The van der Waals surface area contributed by atoms with Gasteiger partial charge in [-0.05, 0) is 18.3 Å². The van der Waals surface area contributed by atoms with Crippen molar-refractivity contribution in [2.24, 2.45) is 10.8 Å². The maximum absolute atomic E-state index is 8.49. The fourth-order valence-electron chi connectivity index (χ4n) is 0.653. The van der Waals surface area contributed by atoms with Gasteiger partial charge in [-0.25, -0.2) is 23.6 Å². The van der Waals surface area contributed by atoms with Crippen LogP contribution in [0.5, 0.6) is 0 Å². The molecule has 1 aromatic rings. The van der Waals surface area contributed by atoms with Gasteiger partial charge in [0.2, 0.25) is 5.69 Å². The Kier molecular flexibility index (Phi) is 7.21. The summed E-state index contributed by atoms with van der Waals surface area (Å²) in [6, 6.07) is 5.67. The van der Waals surface area contributed by atoms with E-state index in [1.54, 1.807) is 6.21 Å². The first-order valence-corrected chi connectivity index (χ1v) is 5.60. The van der Waals surface area contributed by atoms with Crippen LogP contribution in [-0.2, 0) is 0 Å². The van der Waals surface area contributed by atoms with Crippen LogP contribution in [0, 0.1) is 10.2 Å². The predicted octanol–water partition coefficient (Wildman–Crippen LogP) is -5.09. The minimum atomic E-state index is -4.94. The normalized spacial score (nSPS) is 10.6. The minimum Gasteiger partial charge on any atom is -0.375 e. The lowest BCUT2D eigenvalue weighted by atomic mass is 10.4. The number of hydrogen-bond acceptors (Lipinski definition) is 6. The molecule has 17 heavy (non-hydrogen) atoms. The third-order valence-corrected chi connectivity index (χ3v) is 1.20. The van der Waals surface area contributed by atoms with Gasteiger partial charge < -0.3 is 5.73 Å². The molecule has 1 rings (SSSR count). The minimum absolute atomic E-state index is 0.155. The summed E-state index contributed by atoms with van der Waals surface area (Å²) in [5.41, 5.74) is 8.48. The number of hydrogen-bond donors (Lipinski definition) is 2. The second-order valence-corrected chi connectivity index (χ2v) is 3.63. The summed E-state index contributed by atoms with van der Waals surface area (Å²) in [7, 11) is -4.94. The zero-order chi connectivity index (χ0) is 13.3. The third-order valence-electron chi connectivity index (χ3n) is 1.11. The molecule has 10 heteroatoms. The average molecular weight is 281 g/mol. The highest BCUT2D eigenvalue weighted by Gasteiger charge is 1.91. The summed E-state index contributed by atoms with van der Waals surface area (Å²) in [4.78, 5) is 2.97. The van der Waals surface area contributed by atoms with Crippen molar-refractivity contribution in [2.45, 2.75) is 0 Å². The van der Waals surface area contributed by atoms with Gasteiger partial charge >= 0.3 is 0 Å². The molecule has 0 atom stereocenters. The van der Waals surface area contributed by atoms with E-state index in [1.807, 2.05) is 24.4 Å². The number of nitrogens with one attached hydrogen (secondary N) is 2. The Bertz CT molecular complexity index is 364.